The number of rotatable bonds is 13. The summed E-state index contributed by atoms with van der Waals surface area (Å²) in [6, 6.07) is 22.8. The maximum atomic E-state index is 12.8. The fourth-order valence-corrected chi connectivity index (χ4v) is 3.56. The molecular weight excluding hydrogens is 442 g/mol. The molecule has 2 N–H and O–H groups in total. The zero-order valence-corrected chi connectivity index (χ0v) is 20.4. The van der Waals surface area contributed by atoms with Gasteiger partial charge in [0.1, 0.15) is 5.75 Å². The van der Waals surface area contributed by atoms with E-state index in [4.69, 9.17) is 20.1 Å². The topological polar surface area (TPSA) is 86.4 Å². The molecule has 0 saturated heterocycles. The number of carbonyl (C=O) groups excluding carboxylic acids is 1. The van der Waals surface area contributed by atoms with Gasteiger partial charge in [0, 0.05) is 19.2 Å². The lowest BCUT2D eigenvalue weighted by atomic mass is 10.1. The second kappa shape index (κ2) is 13.6. The van der Waals surface area contributed by atoms with Crippen molar-refractivity contribution in [3.05, 3.63) is 89.5 Å². The van der Waals surface area contributed by atoms with Crippen LogP contribution < -0.4 is 20.1 Å². The zero-order valence-electron chi connectivity index (χ0n) is 20.4. The number of nitrogens with two attached hydrogens (primary N) is 1. The molecule has 0 aromatic heterocycles. The summed E-state index contributed by atoms with van der Waals surface area (Å²) in [5, 5.41) is 3.50. The van der Waals surface area contributed by atoms with Crippen LogP contribution in [-0.4, -0.2) is 44.4 Å². The third kappa shape index (κ3) is 8.07. The molecule has 3 rings (SSSR count). The van der Waals surface area contributed by atoms with E-state index in [0.717, 1.165) is 36.1 Å². The van der Waals surface area contributed by atoms with Crippen molar-refractivity contribution in [1.29, 1.82) is 0 Å². The van der Waals surface area contributed by atoms with Gasteiger partial charge < -0.3 is 25.0 Å². The van der Waals surface area contributed by atoms with Crippen molar-refractivity contribution in [1.82, 2.24) is 4.90 Å². The Morgan fingerprint density at radius 1 is 0.914 bits per heavy atom. The molecule has 0 spiro atoms. The van der Waals surface area contributed by atoms with Crippen LogP contribution in [0, 0.1) is 0 Å². The van der Waals surface area contributed by atoms with Crippen molar-refractivity contribution in [2.24, 2.45) is 10.9 Å². The summed E-state index contributed by atoms with van der Waals surface area (Å²) in [5.41, 5.74) is 2.58. The lowest BCUT2D eigenvalue weighted by Crippen LogP contribution is -2.26. The van der Waals surface area contributed by atoms with E-state index in [1.54, 1.807) is 43.5 Å². The minimum absolute atomic E-state index is 0.0687. The van der Waals surface area contributed by atoms with Gasteiger partial charge in [-0.15, -0.1) is 0 Å². The number of hydrogen-bond acceptors (Lipinski definition) is 6. The molecule has 0 fully saturated rings. The third-order valence-electron chi connectivity index (χ3n) is 5.44. The molecule has 7 heteroatoms. The summed E-state index contributed by atoms with van der Waals surface area (Å²) in [4.78, 5) is 14.5. The van der Waals surface area contributed by atoms with Crippen LogP contribution in [0.4, 0.5) is 0 Å². The minimum atomic E-state index is -0.0687. The lowest BCUT2D eigenvalue weighted by Gasteiger charge is -2.18. The number of carbonyl (C=O) groups is 1. The van der Waals surface area contributed by atoms with Gasteiger partial charge >= 0.3 is 0 Å². The van der Waals surface area contributed by atoms with E-state index in [0.29, 0.717) is 36.8 Å². The normalized spacial score (nSPS) is 10.8. The molecule has 0 radical (unpaired) electrons. The smallest absolute Gasteiger partial charge is 0.254 e. The molecule has 3 aromatic rings. The van der Waals surface area contributed by atoms with Crippen LogP contribution in [0.3, 0.4) is 0 Å². The standard InChI is InChI=1S/C28H33N3O4/c1-31(21-23-9-5-3-6-10-23)28(32)24-13-16-26(27(19-24)33-2)35-18-8-4-7-17-34-25-14-11-22(12-15-25)20-30-29/h3,5-6,9-16,19-20H,4,7-8,17-18,21,29H2,1-2H3. The summed E-state index contributed by atoms with van der Waals surface area (Å²) in [6.45, 7) is 1.74. The Balaban J connectivity index is 1.40. The van der Waals surface area contributed by atoms with Gasteiger partial charge in [-0.1, -0.05) is 30.3 Å². The molecule has 0 aliphatic carbocycles. The highest BCUT2D eigenvalue weighted by atomic mass is 16.5. The number of methoxy groups -OCH3 is 1. The molecule has 0 saturated carbocycles. The summed E-state index contributed by atoms with van der Waals surface area (Å²) in [7, 11) is 3.37. The number of benzene rings is 3. The summed E-state index contributed by atoms with van der Waals surface area (Å²) in [6.07, 6.45) is 4.38. The Kier molecular flexibility index (Phi) is 9.99. The molecule has 1 amide bonds. The van der Waals surface area contributed by atoms with Crippen molar-refractivity contribution >= 4 is 12.1 Å². The van der Waals surface area contributed by atoms with Crippen LogP contribution in [0.5, 0.6) is 17.2 Å². The molecule has 0 atom stereocenters. The Morgan fingerprint density at radius 3 is 2.31 bits per heavy atom. The summed E-state index contributed by atoms with van der Waals surface area (Å²) < 4.78 is 17.1. The van der Waals surface area contributed by atoms with E-state index in [2.05, 4.69) is 5.10 Å². The Labute approximate surface area is 207 Å². The molecular formula is C28H33N3O4. The van der Waals surface area contributed by atoms with E-state index >= 15 is 0 Å². The average Bonchev–Trinajstić information content (AvgIpc) is 2.89. The molecule has 184 valence electrons. The predicted octanol–water partition coefficient (Wildman–Crippen LogP) is 4.89. The number of nitrogens with zero attached hydrogens (tertiary/aromatic N) is 2. The van der Waals surface area contributed by atoms with E-state index in [1.807, 2.05) is 54.6 Å². The average molecular weight is 476 g/mol. The molecule has 0 bridgehead atoms. The summed E-state index contributed by atoms with van der Waals surface area (Å²) in [5.74, 6) is 7.09. The number of hydrogen-bond donors (Lipinski definition) is 1. The first-order valence-electron chi connectivity index (χ1n) is 11.7. The monoisotopic (exact) mass is 475 g/mol. The highest BCUT2D eigenvalue weighted by molar-refractivity contribution is 5.94. The zero-order chi connectivity index (χ0) is 24.9. The fourth-order valence-electron chi connectivity index (χ4n) is 3.56. The van der Waals surface area contributed by atoms with Crippen LogP contribution in [-0.2, 0) is 6.54 Å². The van der Waals surface area contributed by atoms with Crippen LogP contribution in [0.2, 0.25) is 0 Å². The number of amides is 1. The number of unbranched alkanes of at least 4 members (excludes halogenated alkanes) is 2. The van der Waals surface area contributed by atoms with Crippen LogP contribution in [0.25, 0.3) is 0 Å². The van der Waals surface area contributed by atoms with Gasteiger partial charge in [-0.3, -0.25) is 4.79 Å². The molecule has 35 heavy (non-hydrogen) atoms. The van der Waals surface area contributed by atoms with Gasteiger partial charge in [-0.05, 0) is 72.9 Å². The van der Waals surface area contributed by atoms with Gasteiger partial charge in [-0.2, -0.15) is 5.10 Å². The first-order chi connectivity index (χ1) is 17.1. The van der Waals surface area contributed by atoms with Crippen molar-refractivity contribution < 1.29 is 19.0 Å². The van der Waals surface area contributed by atoms with Crippen molar-refractivity contribution in [3.63, 3.8) is 0 Å². The van der Waals surface area contributed by atoms with E-state index in [-0.39, 0.29) is 5.91 Å². The first-order valence-corrected chi connectivity index (χ1v) is 11.7. The van der Waals surface area contributed by atoms with E-state index < -0.39 is 0 Å². The lowest BCUT2D eigenvalue weighted by molar-refractivity contribution is 0.0784. The van der Waals surface area contributed by atoms with Gasteiger partial charge in [-0.25, -0.2) is 0 Å². The second-order valence-electron chi connectivity index (χ2n) is 8.12. The van der Waals surface area contributed by atoms with E-state index in [1.165, 1.54) is 0 Å². The second-order valence-corrected chi connectivity index (χ2v) is 8.12. The fraction of sp³-hybridized carbons (Fsp3) is 0.286. The minimum Gasteiger partial charge on any atom is -0.494 e. The Hall–Kier alpha value is -4.00. The maximum absolute atomic E-state index is 12.8. The third-order valence-corrected chi connectivity index (χ3v) is 5.44. The molecule has 0 aliphatic rings. The molecule has 0 unspecified atom stereocenters. The highest BCUT2D eigenvalue weighted by Crippen LogP contribution is 2.29. The molecule has 7 nitrogen and oxygen atoms in total. The van der Waals surface area contributed by atoms with Gasteiger partial charge in [0.05, 0.1) is 26.5 Å². The predicted molar refractivity (Wildman–Crippen MR) is 138 cm³/mol. The highest BCUT2D eigenvalue weighted by Gasteiger charge is 2.15. The molecule has 0 aliphatic heterocycles. The number of ether oxygens (including phenoxy) is 3. The quantitative estimate of drug-likeness (QED) is 0.165. The SMILES string of the molecule is COc1cc(C(=O)N(C)Cc2ccccc2)ccc1OCCCCCOc1ccc(C=NN)cc1. The van der Waals surface area contributed by atoms with E-state index in [9.17, 15) is 4.79 Å². The Morgan fingerprint density at radius 2 is 1.63 bits per heavy atom. The van der Waals surface area contributed by atoms with Crippen LogP contribution in [0.15, 0.2) is 77.9 Å². The largest absolute Gasteiger partial charge is 0.494 e. The van der Waals surface area contributed by atoms with Crippen LogP contribution in [0.1, 0.15) is 40.7 Å². The molecule has 3 aromatic carbocycles. The Bertz CT molecular complexity index is 1090. The van der Waals surface area contributed by atoms with Gasteiger partial charge in [0.2, 0.25) is 0 Å². The van der Waals surface area contributed by atoms with Crippen molar-refractivity contribution in [3.8, 4) is 17.2 Å². The number of hydrazone groups is 1. The van der Waals surface area contributed by atoms with Crippen molar-refractivity contribution in [2.45, 2.75) is 25.8 Å². The van der Waals surface area contributed by atoms with Crippen molar-refractivity contribution in [2.75, 3.05) is 27.4 Å². The summed E-state index contributed by atoms with van der Waals surface area (Å²) >= 11 is 0. The van der Waals surface area contributed by atoms with Gasteiger partial charge in [0.15, 0.2) is 11.5 Å². The molecule has 0 heterocycles. The van der Waals surface area contributed by atoms with Crippen LogP contribution >= 0.6 is 0 Å². The van der Waals surface area contributed by atoms with Gasteiger partial charge in [0.25, 0.3) is 5.91 Å². The first kappa shape index (κ1) is 25.6. The maximum Gasteiger partial charge on any atom is 0.254 e.